The zero-order valence-corrected chi connectivity index (χ0v) is 13.3. The molecule has 2 aromatic carbocycles. The van der Waals surface area contributed by atoms with Crippen LogP contribution in [0.2, 0.25) is 0 Å². The number of halogens is 3. The highest BCUT2D eigenvalue weighted by molar-refractivity contribution is 5.97. The molecule has 0 aromatic heterocycles. The molecule has 2 aromatic rings. The van der Waals surface area contributed by atoms with Crippen LogP contribution in [0.3, 0.4) is 0 Å². The van der Waals surface area contributed by atoms with Crippen molar-refractivity contribution in [1.29, 1.82) is 0 Å². The van der Waals surface area contributed by atoms with Gasteiger partial charge >= 0.3 is 6.18 Å². The molecule has 0 aliphatic rings. The summed E-state index contributed by atoms with van der Waals surface area (Å²) in [5.74, 6) is 0.590. The molecular weight excluding hydrogens is 321 g/mol. The summed E-state index contributed by atoms with van der Waals surface area (Å²) in [6.07, 6.45) is -4.36. The average molecular weight is 338 g/mol. The summed E-state index contributed by atoms with van der Waals surface area (Å²) in [7, 11) is 0. The van der Waals surface area contributed by atoms with Crippen LogP contribution in [0.25, 0.3) is 0 Å². The van der Waals surface area contributed by atoms with Crippen LogP contribution >= 0.6 is 0 Å². The molecule has 0 spiro atoms. The number of Topliss-reactive ketones (excluding diaryl/α,β-unsaturated/α-hetero) is 1. The van der Waals surface area contributed by atoms with Gasteiger partial charge in [-0.3, -0.25) is 4.79 Å². The number of rotatable bonds is 6. The zero-order valence-electron chi connectivity index (χ0n) is 13.3. The minimum absolute atomic E-state index is 0.0366. The smallest absolute Gasteiger partial charge is 0.416 e. The minimum Gasteiger partial charge on any atom is -0.491 e. The van der Waals surface area contributed by atoms with E-state index >= 15 is 0 Å². The third kappa shape index (κ3) is 5.01. The summed E-state index contributed by atoms with van der Waals surface area (Å²) in [6, 6.07) is 10.8. The molecule has 0 saturated heterocycles. The van der Waals surface area contributed by atoms with Gasteiger partial charge < -0.3 is 9.47 Å². The number of hydrogen-bond donors (Lipinski definition) is 0. The number of benzene rings is 2. The van der Waals surface area contributed by atoms with E-state index in [-0.39, 0.29) is 24.2 Å². The maximum absolute atomic E-state index is 12.5. The molecule has 128 valence electrons. The van der Waals surface area contributed by atoms with Gasteiger partial charge in [-0.15, -0.1) is 0 Å². The molecule has 6 heteroatoms. The fraction of sp³-hybridized carbons (Fsp3) is 0.278. The topological polar surface area (TPSA) is 35.5 Å². The number of hydrogen-bond acceptors (Lipinski definition) is 3. The van der Waals surface area contributed by atoms with Gasteiger partial charge in [-0.05, 0) is 62.4 Å². The maximum Gasteiger partial charge on any atom is 0.416 e. The summed E-state index contributed by atoms with van der Waals surface area (Å²) >= 11 is 0. The maximum atomic E-state index is 12.5. The molecule has 0 saturated carbocycles. The van der Waals surface area contributed by atoms with E-state index in [4.69, 9.17) is 9.47 Å². The quantitative estimate of drug-likeness (QED) is 0.713. The Morgan fingerprint density at radius 3 is 2.00 bits per heavy atom. The molecule has 0 radical (unpaired) electrons. The Balaban J connectivity index is 1.93. The third-order valence-electron chi connectivity index (χ3n) is 3.10. The van der Waals surface area contributed by atoms with Crippen LogP contribution in [0.15, 0.2) is 48.5 Å². The van der Waals surface area contributed by atoms with Crippen molar-refractivity contribution in [3.8, 4) is 11.5 Å². The lowest BCUT2D eigenvalue weighted by Gasteiger charge is -2.10. The highest BCUT2D eigenvalue weighted by Crippen LogP contribution is 2.30. The van der Waals surface area contributed by atoms with Crippen molar-refractivity contribution >= 4 is 5.78 Å². The highest BCUT2D eigenvalue weighted by atomic mass is 19.4. The van der Waals surface area contributed by atoms with Crippen LogP contribution in [0.4, 0.5) is 13.2 Å². The van der Waals surface area contributed by atoms with Crippen LogP contribution in [-0.2, 0) is 6.18 Å². The van der Waals surface area contributed by atoms with Crippen molar-refractivity contribution < 1.29 is 27.4 Å². The Labute approximate surface area is 138 Å². The second kappa shape index (κ2) is 7.38. The van der Waals surface area contributed by atoms with E-state index in [0.717, 1.165) is 12.1 Å². The SMILES string of the molecule is CC(C)Oc1ccc(C(=O)COc2ccc(C(F)(F)F)cc2)cc1. The molecule has 0 heterocycles. The Bertz CT molecular complexity index is 674. The van der Waals surface area contributed by atoms with Crippen molar-refractivity contribution in [1.82, 2.24) is 0 Å². The molecule has 0 N–H and O–H groups in total. The van der Waals surface area contributed by atoms with Crippen LogP contribution in [0.5, 0.6) is 11.5 Å². The van der Waals surface area contributed by atoms with Gasteiger partial charge in [0.1, 0.15) is 11.5 Å². The largest absolute Gasteiger partial charge is 0.491 e. The molecule has 24 heavy (non-hydrogen) atoms. The van der Waals surface area contributed by atoms with Gasteiger partial charge in [0.15, 0.2) is 12.4 Å². The van der Waals surface area contributed by atoms with Crippen LogP contribution in [0.1, 0.15) is 29.8 Å². The number of alkyl halides is 3. The number of ketones is 1. The Hall–Kier alpha value is -2.50. The fourth-order valence-corrected chi connectivity index (χ4v) is 1.96. The summed E-state index contributed by atoms with van der Waals surface area (Å²) in [6.45, 7) is 3.55. The summed E-state index contributed by atoms with van der Waals surface area (Å²) in [5, 5.41) is 0. The Kier molecular flexibility index (Phi) is 5.49. The Morgan fingerprint density at radius 2 is 1.50 bits per heavy atom. The molecule has 3 nitrogen and oxygen atoms in total. The fourth-order valence-electron chi connectivity index (χ4n) is 1.96. The van der Waals surface area contributed by atoms with E-state index in [1.165, 1.54) is 12.1 Å². The van der Waals surface area contributed by atoms with Gasteiger partial charge in [0, 0.05) is 5.56 Å². The molecular formula is C18H17F3O3. The molecule has 0 fully saturated rings. The zero-order chi connectivity index (χ0) is 17.7. The second-order valence-electron chi connectivity index (χ2n) is 5.42. The predicted molar refractivity (Wildman–Crippen MR) is 83.5 cm³/mol. The normalized spacial score (nSPS) is 11.4. The van der Waals surface area contributed by atoms with Crippen LogP contribution in [-0.4, -0.2) is 18.5 Å². The van der Waals surface area contributed by atoms with Gasteiger partial charge in [0.05, 0.1) is 11.7 Å². The van der Waals surface area contributed by atoms with Crippen molar-refractivity contribution in [2.75, 3.05) is 6.61 Å². The van der Waals surface area contributed by atoms with Gasteiger partial charge in [-0.25, -0.2) is 0 Å². The summed E-state index contributed by atoms with van der Waals surface area (Å²) in [5.41, 5.74) is -0.320. The lowest BCUT2D eigenvalue weighted by Crippen LogP contribution is -2.12. The van der Waals surface area contributed by atoms with Gasteiger partial charge in [-0.1, -0.05) is 0 Å². The van der Waals surface area contributed by atoms with Gasteiger partial charge in [0.2, 0.25) is 0 Å². The van der Waals surface area contributed by atoms with Crippen molar-refractivity contribution in [3.63, 3.8) is 0 Å². The number of carbonyl (C=O) groups excluding carboxylic acids is 1. The van der Waals surface area contributed by atoms with Crippen molar-refractivity contribution in [2.45, 2.75) is 26.1 Å². The first-order valence-corrected chi connectivity index (χ1v) is 7.35. The lowest BCUT2D eigenvalue weighted by molar-refractivity contribution is -0.137. The van der Waals surface area contributed by atoms with Crippen LogP contribution in [0, 0.1) is 0 Å². The van der Waals surface area contributed by atoms with Crippen molar-refractivity contribution in [3.05, 3.63) is 59.7 Å². The molecule has 0 aliphatic heterocycles. The van der Waals surface area contributed by atoms with E-state index in [9.17, 15) is 18.0 Å². The number of carbonyl (C=O) groups is 1. The molecule has 0 bridgehead atoms. The first kappa shape index (κ1) is 17.8. The van der Waals surface area contributed by atoms with E-state index in [2.05, 4.69) is 0 Å². The Morgan fingerprint density at radius 1 is 0.958 bits per heavy atom. The molecule has 2 rings (SSSR count). The summed E-state index contributed by atoms with van der Waals surface area (Å²) in [4.78, 5) is 12.0. The molecule has 0 aliphatic carbocycles. The van der Waals surface area contributed by atoms with E-state index < -0.39 is 11.7 Å². The van der Waals surface area contributed by atoms with E-state index in [1.807, 2.05) is 13.8 Å². The van der Waals surface area contributed by atoms with Crippen LogP contribution < -0.4 is 9.47 Å². The van der Waals surface area contributed by atoms with E-state index in [1.54, 1.807) is 24.3 Å². The predicted octanol–water partition coefficient (Wildman–Crippen LogP) is 4.75. The first-order chi connectivity index (χ1) is 11.3. The van der Waals surface area contributed by atoms with Crippen molar-refractivity contribution in [2.24, 2.45) is 0 Å². The molecule has 0 unspecified atom stereocenters. The lowest BCUT2D eigenvalue weighted by atomic mass is 10.1. The van der Waals surface area contributed by atoms with E-state index in [0.29, 0.717) is 11.3 Å². The average Bonchev–Trinajstić information content (AvgIpc) is 2.52. The molecule has 0 atom stereocenters. The van der Waals surface area contributed by atoms with Gasteiger partial charge in [-0.2, -0.15) is 13.2 Å². The standard InChI is InChI=1S/C18H17F3O3/c1-12(2)24-16-7-3-13(4-8-16)17(22)11-23-15-9-5-14(6-10-15)18(19,20)21/h3-10,12H,11H2,1-2H3. The summed E-state index contributed by atoms with van der Waals surface area (Å²) < 4.78 is 48.1. The third-order valence-corrected chi connectivity index (χ3v) is 3.10. The van der Waals surface area contributed by atoms with Gasteiger partial charge in [0.25, 0.3) is 0 Å². The first-order valence-electron chi connectivity index (χ1n) is 7.35. The minimum atomic E-state index is -4.39. The molecule has 0 amide bonds. The number of ether oxygens (including phenoxy) is 2. The monoisotopic (exact) mass is 338 g/mol. The highest BCUT2D eigenvalue weighted by Gasteiger charge is 2.30. The second-order valence-corrected chi connectivity index (χ2v) is 5.42.